The smallest absolute Gasteiger partial charge is 0.336 e. The van der Waals surface area contributed by atoms with Gasteiger partial charge in [0, 0.05) is 6.61 Å². The second-order valence-corrected chi connectivity index (χ2v) is 4.55. The summed E-state index contributed by atoms with van der Waals surface area (Å²) in [4.78, 5) is 10.9. The summed E-state index contributed by atoms with van der Waals surface area (Å²) in [6.45, 7) is 5.42. The molecule has 0 bridgehead atoms. The van der Waals surface area contributed by atoms with Crippen LogP contribution in [0, 0.1) is 5.92 Å². The molecule has 0 radical (unpaired) electrons. The molecular formula is C14H20O3. The van der Waals surface area contributed by atoms with Crippen molar-refractivity contribution in [1.82, 2.24) is 0 Å². The van der Waals surface area contributed by atoms with Gasteiger partial charge in [-0.3, -0.25) is 0 Å². The van der Waals surface area contributed by atoms with E-state index in [1.54, 1.807) is 18.2 Å². The second-order valence-electron chi connectivity index (χ2n) is 4.55. The molecule has 1 N–H and O–H groups in total. The van der Waals surface area contributed by atoms with E-state index in [0.717, 1.165) is 18.4 Å². The molecule has 0 saturated carbocycles. The zero-order chi connectivity index (χ0) is 12.7. The maximum Gasteiger partial charge on any atom is 0.336 e. The van der Waals surface area contributed by atoms with Crippen molar-refractivity contribution in [3.8, 4) is 0 Å². The lowest BCUT2D eigenvalue weighted by Crippen LogP contribution is -2.04. The zero-order valence-electron chi connectivity index (χ0n) is 10.5. The van der Waals surface area contributed by atoms with E-state index in [9.17, 15) is 4.79 Å². The molecule has 0 atom stereocenters. The number of benzene rings is 1. The Bertz CT molecular complexity index is 358. The van der Waals surface area contributed by atoms with Gasteiger partial charge < -0.3 is 9.84 Å². The summed E-state index contributed by atoms with van der Waals surface area (Å²) in [6, 6.07) is 6.96. The topological polar surface area (TPSA) is 46.5 Å². The van der Waals surface area contributed by atoms with Gasteiger partial charge in [0.25, 0.3) is 0 Å². The first-order chi connectivity index (χ1) is 8.11. The average molecular weight is 236 g/mol. The molecule has 3 heteroatoms. The van der Waals surface area contributed by atoms with Gasteiger partial charge in [0.05, 0.1) is 12.2 Å². The van der Waals surface area contributed by atoms with E-state index in [4.69, 9.17) is 9.84 Å². The fourth-order valence-corrected chi connectivity index (χ4v) is 1.63. The molecule has 0 amide bonds. The molecule has 17 heavy (non-hydrogen) atoms. The summed E-state index contributed by atoms with van der Waals surface area (Å²) >= 11 is 0. The van der Waals surface area contributed by atoms with Crippen LogP contribution in [-0.4, -0.2) is 17.7 Å². The number of rotatable bonds is 7. The number of hydrogen-bond acceptors (Lipinski definition) is 2. The van der Waals surface area contributed by atoms with Crippen LogP contribution in [-0.2, 0) is 11.3 Å². The van der Waals surface area contributed by atoms with Crippen LogP contribution in [0.1, 0.15) is 42.6 Å². The third-order valence-corrected chi connectivity index (χ3v) is 2.58. The van der Waals surface area contributed by atoms with Gasteiger partial charge in [0.15, 0.2) is 0 Å². The fraction of sp³-hybridized carbons (Fsp3) is 0.500. The predicted molar refractivity (Wildman–Crippen MR) is 67.1 cm³/mol. The SMILES string of the molecule is CC(C)CCCOCc1ccccc1C(=O)O. The summed E-state index contributed by atoms with van der Waals surface area (Å²) in [7, 11) is 0. The molecule has 1 rings (SSSR count). The summed E-state index contributed by atoms with van der Waals surface area (Å²) < 4.78 is 5.50. The molecule has 1 aromatic carbocycles. The molecule has 0 aliphatic heterocycles. The highest BCUT2D eigenvalue weighted by Gasteiger charge is 2.08. The van der Waals surface area contributed by atoms with Crippen LogP contribution in [0.4, 0.5) is 0 Å². The lowest BCUT2D eigenvalue weighted by atomic mass is 10.1. The van der Waals surface area contributed by atoms with Gasteiger partial charge in [-0.25, -0.2) is 4.79 Å². The highest BCUT2D eigenvalue weighted by atomic mass is 16.5. The van der Waals surface area contributed by atoms with E-state index in [1.807, 2.05) is 6.07 Å². The van der Waals surface area contributed by atoms with E-state index < -0.39 is 5.97 Å². The van der Waals surface area contributed by atoms with E-state index in [0.29, 0.717) is 24.7 Å². The molecule has 0 unspecified atom stereocenters. The molecule has 94 valence electrons. The number of ether oxygens (including phenoxy) is 1. The Morgan fingerprint density at radius 1 is 1.35 bits per heavy atom. The van der Waals surface area contributed by atoms with Crippen molar-refractivity contribution in [2.24, 2.45) is 5.92 Å². The van der Waals surface area contributed by atoms with Crippen molar-refractivity contribution in [3.05, 3.63) is 35.4 Å². The Morgan fingerprint density at radius 3 is 2.71 bits per heavy atom. The van der Waals surface area contributed by atoms with Gasteiger partial charge in [-0.15, -0.1) is 0 Å². The Balaban J connectivity index is 2.39. The number of carboxylic acid groups (broad SMARTS) is 1. The Hall–Kier alpha value is -1.35. The average Bonchev–Trinajstić information content (AvgIpc) is 2.28. The van der Waals surface area contributed by atoms with Gasteiger partial charge in [0.1, 0.15) is 0 Å². The minimum atomic E-state index is -0.897. The first-order valence-corrected chi connectivity index (χ1v) is 6.00. The molecule has 0 heterocycles. The first kappa shape index (κ1) is 13.7. The molecule has 0 spiro atoms. The number of hydrogen-bond donors (Lipinski definition) is 1. The van der Waals surface area contributed by atoms with E-state index >= 15 is 0 Å². The molecule has 0 saturated heterocycles. The van der Waals surface area contributed by atoms with Crippen LogP contribution in [0.25, 0.3) is 0 Å². The van der Waals surface area contributed by atoms with Gasteiger partial charge >= 0.3 is 5.97 Å². The monoisotopic (exact) mass is 236 g/mol. The van der Waals surface area contributed by atoms with Crippen molar-refractivity contribution >= 4 is 5.97 Å². The molecule has 0 aliphatic carbocycles. The fourth-order valence-electron chi connectivity index (χ4n) is 1.63. The second kappa shape index (κ2) is 7.07. The van der Waals surface area contributed by atoms with E-state index in [2.05, 4.69) is 13.8 Å². The minimum Gasteiger partial charge on any atom is -0.478 e. The lowest BCUT2D eigenvalue weighted by Gasteiger charge is -2.08. The molecule has 0 aromatic heterocycles. The van der Waals surface area contributed by atoms with Crippen LogP contribution in [0.5, 0.6) is 0 Å². The van der Waals surface area contributed by atoms with E-state index in [-0.39, 0.29) is 0 Å². The highest BCUT2D eigenvalue weighted by molar-refractivity contribution is 5.89. The predicted octanol–water partition coefficient (Wildman–Crippen LogP) is 3.34. The third kappa shape index (κ3) is 5.00. The van der Waals surface area contributed by atoms with Gasteiger partial charge in [-0.2, -0.15) is 0 Å². The van der Waals surface area contributed by atoms with Crippen LogP contribution in [0.2, 0.25) is 0 Å². The molecular weight excluding hydrogens is 216 g/mol. The number of aromatic carboxylic acids is 1. The van der Waals surface area contributed by atoms with Gasteiger partial charge in [-0.05, 0) is 30.4 Å². The summed E-state index contributed by atoms with van der Waals surface area (Å²) in [5.41, 5.74) is 1.07. The maximum absolute atomic E-state index is 10.9. The zero-order valence-corrected chi connectivity index (χ0v) is 10.5. The quantitative estimate of drug-likeness (QED) is 0.738. The summed E-state index contributed by atoms with van der Waals surface area (Å²) in [6.07, 6.45) is 2.16. The minimum absolute atomic E-state index is 0.330. The summed E-state index contributed by atoms with van der Waals surface area (Å²) in [5.74, 6) is -0.212. The Labute approximate surface area is 102 Å². The molecule has 0 aliphatic rings. The van der Waals surface area contributed by atoms with Crippen molar-refractivity contribution in [2.75, 3.05) is 6.61 Å². The van der Waals surface area contributed by atoms with Crippen molar-refractivity contribution < 1.29 is 14.6 Å². The highest BCUT2D eigenvalue weighted by Crippen LogP contribution is 2.11. The lowest BCUT2D eigenvalue weighted by molar-refractivity contribution is 0.0686. The third-order valence-electron chi connectivity index (χ3n) is 2.58. The van der Waals surface area contributed by atoms with Crippen molar-refractivity contribution in [2.45, 2.75) is 33.3 Å². The number of carboxylic acids is 1. The Morgan fingerprint density at radius 2 is 2.06 bits per heavy atom. The van der Waals surface area contributed by atoms with Crippen LogP contribution in [0.15, 0.2) is 24.3 Å². The summed E-state index contributed by atoms with van der Waals surface area (Å²) in [5, 5.41) is 8.99. The van der Waals surface area contributed by atoms with E-state index in [1.165, 1.54) is 0 Å². The largest absolute Gasteiger partial charge is 0.478 e. The van der Waals surface area contributed by atoms with Crippen molar-refractivity contribution in [1.29, 1.82) is 0 Å². The van der Waals surface area contributed by atoms with Crippen LogP contribution in [0.3, 0.4) is 0 Å². The molecule has 3 nitrogen and oxygen atoms in total. The number of carbonyl (C=O) groups is 1. The normalized spacial score (nSPS) is 10.8. The molecule has 1 aromatic rings. The standard InChI is InChI=1S/C14H20O3/c1-11(2)6-5-9-17-10-12-7-3-4-8-13(12)14(15)16/h3-4,7-8,11H,5-6,9-10H2,1-2H3,(H,15,16). The van der Waals surface area contributed by atoms with Crippen LogP contribution >= 0.6 is 0 Å². The Kier molecular flexibility index (Phi) is 5.70. The maximum atomic E-state index is 10.9. The molecule has 0 fully saturated rings. The van der Waals surface area contributed by atoms with Crippen molar-refractivity contribution in [3.63, 3.8) is 0 Å². The van der Waals surface area contributed by atoms with Crippen LogP contribution < -0.4 is 0 Å². The van der Waals surface area contributed by atoms with Gasteiger partial charge in [-0.1, -0.05) is 32.0 Å². The first-order valence-electron chi connectivity index (χ1n) is 6.00. The van der Waals surface area contributed by atoms with Gasteiger partial charge in [0.2, 0.25) is 0 Å².